The Morgan fingerprint density at radius 2 is 1.55 bits per heavy atom. The molecule has 0 aromatic heterocycles. The molecule has 2 atom stereocenters. The Kier molecular flexibility index (Phi) is 4.91. The number of hydrogen-bond donors (Lipinski definition) is 1. The van der Waals surface area contributed by atoms with Crippen molar-refractivity contribution in [3.8, 4) is 0 Å². The summed E-state index contributed by atoms with van der Waals surface area (Å²) in [4.78, 5) is 12.2. The lowest BCUT2D eigenvalue weighted by molar-refractivity contribution is 0.0219. The minimum absolute atomic E-state index is 0.0325. The van der Waals surface area contributed by atoms with Gasteiger partial charge in [-0.05, 0) is 31.7 Å². The number of likely N-dealkylation sites (N-methyl/N-ethyl adjacent to an activating group) is 1. The van der Waals surface area contributed by atoms with Crippen molar-refractivity contribution in [2.45, 2.75) is 19.1 Å². The molecule has 0 radical (unpaired) electrons. The van der Waals surface area contributed by atoms with Crippen molar-refractivity contribution >= 4 is 5.97 Å². The topological polar surface area (TPSA) is 38.3 Å². The van der Waals surface area contributed by atoms with Crippen molar-refractivity contribution in [1.82, 2.24) is 5.32 Å². The van der Waals surface area contributed by atoms with Crippen LogP contribution in [-0.4, -0.2) is 19.1 Å². The molecule has 2 aromatic rings. The van der Waals surface area contributed by atoms with Gasteiger partial charge in [0.15, 0.2) is 0 Å². The van der Waals surface area contributed by atoms with Crippen molar-refractivity contribution in [3.05, 3.63) is 71.8 Å². The molecule has 20 heavy (non-hydrogen) atoms. The van der Waals surface area contributed by atoms with Gasteiger partial charge in [-0.2, -0.15) is 0 Å². The molecule has 0 unspecified atom stereocenters. The summed E-state index contributed by atoms with van der Waals surface area (Å²) in [5, 5.41) is 3.14. The van der Waals surface area contributed by atoms with Crippen LogP contribution in [0.15, 0.2) is 60.7 Å². The van der Waals surface area contributed by atoms with E-state index in [2.05, 4.69) is 5.32 Å². The summed E-state index contributed by atoms with van der Waals surface area (Å²) < 4.78 is 5.67. The quantitative estimate of drug-likeness (QED) is 0.847. The molecule has 2 aromatic carbocycles. The summed E-state index contributed by atoms with van der Waals surface area (Å²) >= 11 is 0. The molecule has 3 nitrogen and oxygen atoms in total. The molecule has 0 saturated heterocycles. The smallest absolute Gasteiger partial charge is 0.338 e. The van der Waals surface area contributed by atoms with E-state index in [0.29, 0.717) is 5.56 Å². The van der Waals surface area contributed by atoms with Crippen molar-refractivity contribution in [2.24, 2.45) is 0 Å². The molecule has 104 valence electrons. The predicted octanol–water partition coefficient (Wildman–Crippen LogP) is 3.19. The summed E-state index contributed by atoms with van der Waals surface area (Å²) in [5.41, 5.74) is 1.55. The van der Waals surface area contributed by atoms with E-state index in [9.17, 15) is 4.79 Å². The fourth-order valence-electron chi connectivity index (χ4n) is 2.01. The van der Waals surface area contributed by atoms with Gasteiger partial charge in [0.25, 0.3) is 0 Å². The van der Waals surface area contributed by atoms with E-state index < -0.39 is 0 Å². The first-order valence-corrected chi connectivity index (χ1v) is 6.70. The summed E-state index contributed by atoms with van der Waals surface area (Å²) in [6.45, 7) is 2.00. The molecular weight excluding hydrogens is 250 g/mol. The van der Waals surface area contributed by atoms with Crippen molar-refractivity contribution < 1.29 is 9.53 Å². The number of hydrogen-bond acceptors (Lipinski definition) is 3. The fraction of sp³-hybridized carbons (Fsp3) is 0.235. The zero-order valence-electron chi connectivity index (χ0n) is 11.7. The normalized spacial score (nSPS) is 13.5. The highest BCUT2D eigenvalue weighted by Gasteiger charge is 2.22. The predicted molar refractivity (Wildman–Crippen MR) is 79.6 cm³/mol. The Labute approximate surface area is 119 Å². The Hall–Kier alpha value is -2.13. The number of nitrogens with one attached hydrogen (secondary N) is 1. The second kappa shape index (κ2) is 6.87. The monoisotopic (exact) mass is 269 g/mol. The van der Waals surface area contributed by atoms with Gasteiger partial charge in [-0.3, -0.25) is 0 Å². The Bertz CT molecular complexity index is 539. The first kappa shape index (κ1) is 14.3. The fourth-order valence-corrected chi connectivity index (χ4v) is 2.01. The van der Waals surface area contributed by atoms with Gasteiger partial charge in [0.2, 0.25) is 0 Å². The maximum Gasteiger partial charge on any atom is 0.338 e. The van der Waals surface area contributed by atoms with E-state index in [4.69, 9.17) is 4.74 Å². The summed E-state index contributed by atoms with van der Waals surface area (Å²) in [5.74, 6) is -0.304. The Morgan fingerprint density at radius 1 is 1.00 bits per heavy atom. The summed E-state index contributed by atoms with van der Waals surface area (Å²) in [7, 11) is 1.86. The lowest BCUT2D eigenvalue weighted by Gasteiger charge is -2.24. The Balaban J connectivity index is 2.19. The van der Waals surface area contributed by atoms with Crippen LogP contribution in [0.4, 0.5) is 0 Å². The number of esters is 1. The number of rotatable bonds is 5. The van der Waals surface area contributed by atoms with Crippen molar-refractivity contribution in [2.75, 3.05) is 7.05 Å². The molecule has 3 heteroatoms. The van der Waals surface area contributed by atoms with E-state index in [1.54, 1.807) is 12.1 Å². The van der Waals surface area contributed by atoms with Crippen molar-refractivity contribution in [3.63, 3.8) is 0 Å². The molecule has 0 fully saturated rings. The van der Waals surface area contributed by atoms with Gasteiger partial charge >= 0.3 is 5.97 Å². The molecule has 1 N–H and O–H groups in total. The molecule has 0 bridgehead atoms. The van der Waals surface area contributed by atoms with Crippen LogP contribution in [0.2, 0.25) is 0 Å². The van der Waals surface area contributed by atoms with Crippen LogP contribution in [0.25, 0.3) is 0 Å². The third kappa shape index (κ3) is 3.45. The van der Waals surface area contributed by atoms with E-state index in [-0.39, 0.29) is 18.1 Å². The second-order valence-electron chi connectivity index (χ2n) is 4.68. The highest BCUT2D eigenvalue weighted by Crippen LogP contribution is 2.22. The van der Waals surface area contributed by atoms with Crippen LogP contribution in [0.5, 0.6) is 0 Å². The zero-order valence-corrected chi connectivity index (χ0v) is 11.7. The summed E-state index contributed by atoms with van der Waals surface area (Å²) in [6.07, 6.45) is -0.311. The Morgan fingerprint density at radius 3 is 2.10 bits per heavy atom. The van der Waals surface area contributed by atoms with Crippen LogP contribution < -0.4 is 5.32 Å². The molecule has 0 saturated carbocycles. The molecule has 0 aliphatic rings. The minimum atomic E-state index is -0.311. The van der Waals surface area contributed by atoms with E-state index in [0.717, 1.165) is 5.56 Å². The molecule has 0 heterocycles. The van der Waals surface area contributed by atoms with Gasteiger partial charge < -0.3 is 10.1 Å². The lowest BCUT2D eigenvalue weighted by Crippen LogP contribution is -2.32. The minimum Gasteiger partial charge on any atom is -0.452 e. The third-order valence-corrected chi connectivity index (χ3v) is 3.28. The molecule has 0 aliphatic carbocycles. The van der Waals surface area contributed by atoms with Crippen LogP contribution in [0.3, 0.4) is 0 Å². The standard InChI is InChI=1S/C17H19NO2/c1-13(18-2)16(14-9-5-3-6-10-14)20-17(19)15-11-7-4-8-12-15/h3-13,16,18H,1-2H3/t13-,16+/m1/s1. The van der Waals surface area contributed by atoms with Gasteiger partial charge in [-0.25, -0.2) is 4.79 Å². The molecule has 2 rings (SSSR count). The van der Waals surface area contributed by atoms with Crippen LogP contribution >= 0.6 is 0 Å². The van der Waals surface area contributed by atoms with Crippen LogP contribution in [0.1, 0.15) is 28.9 Å². The van der Waals surface area contributed by atoms with Crippen LogP contribution in [-0.2, 0) is 4.74 Å². The van der Waals surface area contributed by atoms with Crippen molar-refractivity contribution in [1.29, 1.82) is 0 Å². The first-order chi connectivity index (χ1) is 9.72. The van der Waals surface area contributed by atoms with Gasteiger partial charge in [-0.15, -0.1) is 0 Å². The van der Waals surface area contributed by atoms with Gasteiger partial charge in [0, 0.05) is 6.04 Å². The number of ether oxygens (including phenoxy) is 1. The van der Waals surface area contributed by atoms with Gasteiger partial charge in [0.05, 0.1) is 5.56 Å². The maximum atomic E-state index is 12.2. The van der Waals surface area contributed by atoms with E-state index in [1.807, 2.05) is 62.5 Å². The number of carbonyl (C=O) groups is 1. The summed E-state index contributed by atoms with van der Waals surface area (Å²) in [6, 6.07) is 18.9. The van der Waals surface area contributed by atoms with Crippen LogP contribution in [0, 0.1) is 0 Å². The van der Waals surface area contributed by atoms with E-state index >= 15 is 0 Å². The lowest BCUT2D eigenvalue weighted by atomic mass is 10.0. The molecular formula is C17H19NO2. The average Bonchev–Trinajstić information content (AvgIpc) is 2.53. The largest absolute Gasteiger partial charge is 0.452 e. The molecule has 0 aliphatic heterocycles. The number of carbonyl (C=O) groups excluding carboxylic acids is 1. The van der Waals surface area contributed by atoms with Gasteiger partial charge in [0.1, 0.15) is 6.10 Å². The third-order valence-electron chi connectivity index (χ3n) is 3.28. The molecule has 0 spiro atoms. The number of benzene rings is 2. The van der Waals surface area contributed by atoms with Gasteiger partial charge in [-0.1, -0.05) is 48.5 Å². The van der Waals surface area contributed by atoms with E-state index in [1.165, 1.54) is 0 Å². The SMILES string of the molecule is CN[C@H](C)[C@H](OC(=O)c1ccccc1)c1ccccc1. The highest BCUT2D eigenvalue weighted by atomic mass is 16.5. The molecule has 0 amide bonds. The highest BCUT2D eigenvalue weighted by molar-refractivity contribution is 5.89. The first-order valence-electron chi connectivity index (χ1n) is 6.70. The average molecular weight is 269 g/mol. The maximum absolute atomic E-state index is 12.2. The second-order valence-corrected chi connectivity index (χ2v) is 4.68. The zero-order chi connectivity index (χ0) is 14.4.